The Kier molecular flexibility index (Phi) is 6.70. The Morgan fingerprint density at radius 2 is 1.86 bits per heavy atom. The van der Waals surface area contributed by atoms with Crippen molar-refractivity contribution in [1.29, 1.82) is 0 Å². The molecule has 1 nitrogen and oxygen atoms in total. The molecule has 1 atom stereocenters. The second kappa shape index (κ2) is 7.58. The van der Waals surface area contributed by atoms with Crippen LogP contribution in [-0.4, -0.2) is 18.5 Å². The maximum Gasteiger partial charge on any atom is 0.0575 e. The highest BCUT2D eigenvalue weighted by molar-refractivity contribution is 7.80. The van der Waals surface area contributed by atoms with Crippen LogP contribution in [0.5, 0.6) is 0 Å². The maximum absolute atomic E-state index is 5.96. The highest BCUT2D eigenvalue weighted by Gasteiger charge is 2.14. The van der Waals surface area contributed by atoms with Crippen molar-refractivity contribution in [3.8, 4) is 0 Å². The summed E-state index contributed by atoms with van der Waals surface area (Å²) in [6.45, 7) is 3.14. The van der Waals surface area contributed by atoms with Crippen molar-refractivity contribution in [3.05, 3.63) is 0 Å². The van der Waals surface area contributed by atoms with Gasteiger partial charge >= 0.3 is 0 Å². The van der Waals surface area contributed by atoms with Gasteiger partial charge in [0, 0.05) is 0 Å². The van der Waals surface area contributed by atoms with Crippen LogP contribution in [-0.2, 0) is 4.74 Å². The van der Waals surface area contributed by atoms with Gasteiger partial charge in [-0.2, -0.15) is 12.6 Å². The van der Waals surface area contributed by atoms with Gasteiger partial charge in [-0.15, -0.1) is 0 Å². The molecule has 0 heterocycles. The van der Waals surface area contributed by atoms with E-state index in [0.29, 0.717) is 12.0 Å². The molecule has 1 aliphatic rings. The van der Waals surface area contributed by atoms with E-state index in [0.717, 1.165) is 12.4 Å². The Labute approximate surface area is 94.0 Å². The summed E-state index contributed by atoms with van der Waals surface area (Å²) in [5.74, 6) is 1.62. The molecule has 14 heavy (non-hydrogen) atoms. The molecule has 0 aromatic rings. The standard InChI is InChI=1S/C12H24OS/c1-2-11(10-14)9-13-12-7-5-3-4-6-8-12/h11-12,14H,2-10H2,1H3. The maximum atomic E-state index is 5.96. The minimum Gasteiger partial charge on any atom is -0.378 e. The minimum atomic E-state index is 0.548. The first-order valence-electron chi connectivity index (χ1n) is 6.09. The molecular formula is C12H24OS. The molecular weight excluding hydrogens is 192 g/mol. The van der Waals surface area contributed by atoms with Crippen LogP contribution >= 0.6 is 12.6 Å². The van der Waals surface area contributed by atoms with Crippen LogP contribution in [0.1, 0.15) is 51.9 Å². The molecule has 1 saturated carbocycles. The average Bonchev–Trinajstić information content (AvgIpc) is 2.48. The Bertz CT molecular complexity index is 126. The predicted octanol–water partition coefficient (Wildman–Crippen LogP) is 3.68. The molecule has 0 aromatic carbocycles. The smallest absolute Gasteiger partial charge is 0.0575 e. The number of rotatable bonds is 5. The zero-order valence-corrected chi connectivity index (χ0v) is 10.3. The first-order valence-corrected chi connectivity index (χ1v) is 6.72. The summed E-state index contributed by atoms with van der Waals surface area (Å²) in [5, 5.41) is 0. The van der Waals surface area contributed by atoms with Gasteiger partial charge in [0.05, 0.1) is 12.7 Å². The Balaban J connectivity index is 2.14. The predicted molar refractivity (Wildman–Crippen MR) is 65.1 cm³/mol. The van der Waals surface area contributed by atoms with E-state index in [2.05, 4.69) is 19.6 Å². The Morgan fingerprint density at radius 1 is 1.21 bits per heavy atom. The zero-order chi connectivity index (χ0) is 10.2. The average molecular weight is 216 g/mol. The molecule has 0 aromatic heterocycles. The minimum absolute atomic E-state index is 0.548. The van der Waals surface area contributed by atoms with Crippen LogP contribution in [0.2, 0.25) is 0 Å². The summed E-state index contributed by atoms with van der Waals surface area (Å²) >= 11 is 4.33. The van der Waals surface area contributed by atoms with Gasteiger partial charge in [-0.3, -0.25) is 0 Å². The quantitative estimate of drug-likeness (QED) is 0.545. The monoisotopic (exact) mass is 216 g/mol. The summed E-state index contributed by atoms with van der Waals surface area (Å²) in [5.41, 5.74) is 0. The lowest BCUT2D eigenvalue weighted by Crippen LogP contribution is -2.18. The molecule has 1 unspecified atom stereocenters. The van der Waals surface area contributed by atoms with Crippen LogP contribution in [0.25, 0.3) is 0 Å². The molecule has 1 fully saturated rings. The highest BCUT2D eigenvalue weighted by atomic mass is 32.1. The van der Waals surface area contributed by atoms with Crippen LogP contribution in [0.4, 0.5) is 0 Å². The van der Waals surface area contributed by atoms with E-state index in [1.807, 2.05) is 0 Å². The molecule has 0 aliphatic heterocycles. The first kappa shape index (κ1) is 12.4. The van der Waals surface area contributed by atoms with Gasteiger partial charge in [0.25, 0.3) is 0 Å². The fraction of sp³-hybridized carbons (Fsp3) is 1.00. The summed E-state index contributed by atoms with van der Waals surface area (Å²) < 4.78 is 5.96. The van der Waals surface area contributed by atoms with Gasteiger partial charge in [0.2, 0.25) is 0 Å². The van der Waals surface area contributed by atoms with Crippen LogP contribution < -0.4 is 0 Å². The Hall–Kier alpha value is 0.310. The van der Waals surface area contributed by atoms with Gasteiger partial charge in [-0.1, -0.05) is 39.0 Å². The molecule has 0 spiro atoms. The van der Waals surface area contributed by atoms with Crippen molar-refractivity contribution in [1.82, 2.24) is 0 Å². The van der Waals surface area contributed by atoms with Crippen molar-refractivity contribution < 1.29 is 4.74 Å². The second-order valence-electron chi connectivity index (χ2n) is 4.40. The fourth-order valence-electron chi connectivity index (χ4n) is 1.98. The lowest BCUT2D eigenvalue weighted by Gasteiger charge is -2.19. The summed E-state index contributed by atoms with van der Waals surface area (Å²) in [6, 6.07) is 0. The van der Waals surface area contributed by atoms with Crippen LogP contribution in [0.3, 0.4) is 0 Å². The third kappa shape index (κ3) is 4.70. The van der Waals surface area contributed by atoms with Crippen LogP contribution in [0.15, 0.2) is 0 Å². The van der Waals surface area contributed by atoms with Gasteiger partial charge < -0.3 is 4.74 Å². The fourth-order valence-corrected chi connectivity index (χ4v) is 2.34. The second-order valence-corrected chi connectivity index (χ2v) is 4.77. The molecule has 0 amide bonds. The van der Waals surface area contributed by atoms with Crippen molar-refractivity contribution >= 4 is 12.6 Å². The SMILES string of the molecule is CCC(CS)COC1CCCCCC1. The van der Waals surface area contributed by atoms with E-state index in [-0.39, 0.29) is 0 Å². The molecule has 0 saturated heterocycles. The van der Waals surface area contributed by atoms with Gasteiger partial charge in [-0.25, -0.2) is 0 Å². The van der Waals surface area contributed by atoms with Crippen molar-refractivity contribution in [2.45, 2.75) is 58.0 Å². The largest absolute Gasteiger partial charge is 0.378 e. The Morgan fingerprint density at radius 3 is 2.36 bits per heavy atom. The van der Waals surface area contributed by atoms with Crippen molar-refractivity contribution in [2.75, 3.05) is 12.4 Å². The third-order valence-corrected chi connectivity index (χ3v) is 3.72. The summed E-state index contributed by atoms with van der Waals surface area (Å²) in [6.07, 6.45) is 9.84. The molecule has 0 N–H and O–H groups in total. The van der Waals surface area contributed by atoms with Gasteiger partial charge in [0.15, 0.2) is 0 Å². The number of hydrogen-bond acceptors (Lipinski definition) is 2. The topological polar surface area (TPSA) is 9.23 Å². The van der Waals surface area contributed by atoms with Gasteiger partial charge in [-0.05, 0) is 24.5 Å². The number of thiol groups is 1. The summed E-state index contributed by atoms with van der Waals surface area (Å²) in [4.78, 5) is 0. The van der Waals surface area contributed by atoms with Crippen molar-refractivity contribution in [2.24, 2.45) is 5.92 Å². The number of ether oxygens (including phenoxy) is 1. The molecule has 84 valence electrons. The lowest BCUT2D eigenvalue weighted by atomic mass is 10.1. The van der Waals surface area contributed by atoms with E-state index in [1.165, 1.54) is 44.9 Å². The van der Waals surface area contributed by atoms with Crippen molar-refractivity contribution in [3.63, 3.8) is 0 Å². The molecule has 0 bridgehead atoms. The third-order valence-electron chi connectivity index (χ3n) is 3.21. The molecule has 1 aliphatic carbocycles. The lowest BCUT2D eigenvalue weighted by molar-refractivity contribution is 0.0241. The zero-order valence-electron chi connectivity index (χ0n) is 9.37. The van der Waals surface area contributed by atoms with Gasteiger partial charge in [0.1, 0.15) is 0 Å². The summed E-state index contributed by atoms with van der Waals surface area (Å²) in [7, 11) is 0. The normalized spacial score (nSPS) is 21.9. The van der Waals surface area contributed by atoms with E-state index >= 15 is 0 Å². The van der Waals surface area contributed by atoms with E-state index < -0.39 is 0 Å². The van der Waals surface area contributed by atoms with E-state index in [1.54, 1.807) is 0 Å². The highest BCUT2D eigenvalue weighted by Crippen LogP contribution is 2.20. The molecule has 2 heteroatoms. The van der Waals surface area contributed by atoms with Crippen LogP contribution in [0, 0.1) is 5.92 Å². The molecule has 0 radical (unpaired) electrons. The first-order chi connectivity index (χ1) is 6.86. The van der Waals surface area contributed by atoms with E-state index in [9.17, 15) is 0 Å². The number of hydrogen-bond donors (Lipinski definition) is 1. The van der Waals surface area contributed by atoms with E-state index in [4.69, 9.17) is 4.74 Å². The molecule has 1 rings (SSSR count).